The quantitative estimate of drug-likeness (QED) is 0.0910. The number of hydrogen-bond acceptors (Lipinski definition) is 8. The van der Waals surface area contributed by atoms with E-state index in [-0.39, 0.29) is 32.5 Å². The van der Waals surface area contributed by atoms with Crippen LogP contribution in [0.1, 0.15) is 43.2 Å². The van der Waals surface area contributed by atoms with Crippen LogP contribution in [0.4, 0.5) is 4.79 Å². The fourth-order valence-corrected chi connectivity index (χ4v) is 7.39. The van der Waals surface area contributed by atoms with Gasteiger partial charge >= 0.3 is 6.09 Å². The van der Waals surface area contributed by atoms with Crippen LogP contribution >= 0.6 is 7.37 Å². The van der Waals surface area contributed by atoms with Gasteiger partial charge in [0.1, 0.15) is 31.0 Å². The highest BCUT2D eigenvalue weighted by Gasteiger charge is 2.40. The SMILES string of the molecule is NNC(=O)[C@@H]1CCCN1C(=O)CCP(=O)(O)C(Cc1ccccc1)NC(=O)[C@@H]1CCCN1C(=O)CNC(=O)OCc1ccccc1. The van der Waals surface area contributed by atoms with Crippen molar-refractivity contribution in [1.29, 1.82) is 0 Å². The molecule has 46 heavy (non-hydrogen) atoms. The number of carbonyl (C=O) groups is 5. The summed E-state index contributed by atoms with van der Waals surface area (Å²) >= 11 is 0. The van der Waals surface area contributed by atoms with E-state index in [0.29, 0.717) is 37.8 Å². The van der Waals surface area contributed by atoms with E-state index in [0.717, 1.165) is 5.56 Å². The van der Waals surface area contributed by atoms with Gasteiger partial charge in [-0.25, -0.2) is 10.6 Å². The average Bonchev–Trinajstić information content (AvgIpc) is 3.76. The zero-order chi connectivity index (χ0) is 33.1. The third-order valence-corrected chi connectivity index (χ3v) is 10.4. The lowest BCUT2D eigenvalue weighted by atomic mass is 10.1. The molecule has 14 nitrogen and oxygen atoms in total. The minimum absolute atomic E-state index is 0.0198. The summed E-state index contributed by atoms with van der Waals surface area (Å²) in [7, 11) is -4.19. The number of nitrogens with one attached hydrogen (secondary N) is 3. The molecule has 2 saturated heterocycles. The molecule has 248 valence electrons. The molecule has 4 atom stereocenters. The van der Waals surface area contributed by atoms with Crippen LogP contribution in [0.15, 0.2) is 60.7 Å². The molecule has 2 aromatic rings. The average molecular weight is 657 g/mol. The van der Waals surface area contributed by atoms with Crippen molar-refractivity contribution in [3.05, 3.63) is 71.8 Å². The molecule has 2 fully saturated rings. The van der Waals surface area contributed by atoms with Gasteiger partial charge in [0.15, 0.2) is 0 Å². The molecule has 2 heterocycles. The highest BCUT2D eigenvalue weighted by Crippen LogP contribution is 2.47. The van der Waals surface area contributed by atoms with E-state index >= 15 is 0 Å². The van der Waals surface area contributed by atoms with Gasteiger partial charge < -0.3 is 30.1 Å². The number of nitrogens with zero attached hydrogens (tertiary/aromatic N) is 2. The maximum atomic E-state index is 13.7. The van der Waals surface area contributed by atoms with Crippen LogP contribution in [0.25, 0.3) is 0 Å². The lowest BCUT2D eigenvalue weighted by Crippen LogP contribution is -2.51. The lowest BCUT2D eigenvalue weighted by molar-refractivity contribution is -0.138. The first-order valence-electron chi connectivity index (χ1n) is 15.3. The summed E-state index contributed by atoms with van der Waals surface area (Å²) in [4.78, 5) is 77.7. The number of amides is 5. The minimum Gasteiger partial charge on any atom is -0.445 e. The van der Waals surface area contributed by atoms with E-state index in [1.807, 2.05) is 18.2 Å². The Balaban J connectivity index is 1.37. The zero-order valence-corrected chi connectivity index (χ0v) is 26.4. The van der Waals surface area contributed by atoms with Crippen LogP contribution in [0, 0.1) is 0 Å². The Morgan fingerprint density at radius 3 is 2.04 bits per heavy atom. The van der Waals surface area contributed by atoms with E-state index in [2.05, 4.69) is 16.1 Å². The molecule has 2 aliphatic heterocycles. The number of hydrazine groups is 1. The van der Waals surface area contributed by atoms with Gasteiger partial charge in [-0.3, -0.25) is 29.2 Å². The van der Waals surface area contributed by atoms with Crippen molar-refractivity contribution in [1.82, 2.24) is 25.9 Å². The fourth-order valence-electron chi connectivity index (χ4n) is 5.74. The first-order valence-corrected chi connectivity index (χ1v) is 17.2. The molecule has 0 aromatic heterocycles. The summed E-state index contributed by atoms with van der Waals surface area (Å²) in [6.45, 7) is 0.264. The number of nitrogens with two attached hydrogens (primary N) is 1. The van der Waals surface area contributed by atoms with E-state index in [1.165, 1.54) is 9.80 Å². The van der Waals surface area contributed by atoms with Crippen LogP contribution < -0.4 is 21.9 Å². The molecular formula is C31H41N6O8P. The van der Waals surface area contributed by atoms with Crippen LogP contribution in [0.5, 0.6) is 0 Å². The molecule has 5 amide bonds. The normalized spacial score (nSPS) is 19.5. The van der Waals surface area contributed by atoms with Gasteiger partial charge in [-0.05, 0) is 36.8 Å². The van der Waals surface area contributed by atoms with Crippen molar-refractivity contribution in [2.45, 2.75) is 63.0 Å². The molecule has 15 heteroatoms. The van der Waals surface area contributed by atoms with Gasteiger partial charge in [-0.2, -0.15) is 0 Å². The van der Waals surface area contributed by atoms with E-state index < -0.39 is 61.1 Å². The monoisotopic (exact) mass is 656 g/mol. The molecule has 4 rings (SSSR count). The highest BCUT2D eigenvalue weighted by molar-refractivity contribution is 7.58. The van der Waals surface area contributed by atoms with Crippen LogP contribution in [0.2, 0.25) is 0 Å². The van der Waals surface area contributed by atoms with Crippen LogP contribution in [-0.2, 0) is 41.5 Å². The molecular weight excluding hydrogens is 615 g/mol. The van der Waals surface area contributed by atoms with Crippen molar-refractivity contribution < 1.29 is 38.2 Å². The van der Waals surface area contributed by atoms with Gasteiger partial charge in [-0.1, -0.05) is 60.7 Å². The Morgan fingerprint density at radius 2 is 1.43 bits per heavy atom. The molecule has 0 radical (unpaired) electrons. The van der Waals surface area contributed by atoms with Gasteiger partial charge in [0.25, 0.3) is 5.91 Å². The van der Waals surface area contributed by atoms with Gasteiger partial charge in [0.05, 0.1) is 0 Å². The summed E-state index contributed by atoms with van der Waals surface area (Å²) in [5.41, 5.74) is 3.54. The Bertz CT molecular complexity index is 1430. The number of alkyl carbamates (subject to hydrolysis) is 1. The molecule has 2 aliphatic rings. The van der Waals surface area contributed by atoms with Gasteiger partial charge in [0.2, 0.25) is 25.1 Å². The van der Waals surface area contributed by atoms with Crippen molar-refractivity contribution in [3.63, 3.8) is 0 Å². The zero-order valence-electron chi connectivity index (χ0n) is 25.5. The Morgan fingerprint density at radius 1 is 0.870 bits per heavy atom. The van der Waals surface area contributed by atoms with Gasteiger partial charge in [-0.15, -0.1) is 0 Å². The van der Waals surface area contributed by atoms with E-state index in [4.69, 9.17) is 10.6 Å². The number of hydrogen-bond donors (Lipinski definition) is 5. The minimum atomic E-state index is -4.19. The molecule has 2 aromatic carbocycles. The number of rotatable bonds is 13. The smallest absolute Gasteiger partial charge is 0.407 e. The van der Waals surface area contributed by atoms with Crippen molar-refractivity contribution in [3.8, 4) is 0 Å². The molecule has 0 spiro atoms. The van der Waals surface area contributed by atoms with E-state index in [9.17, 15) is 33.4 Å². The summed E-state index contributed by atoms with van der Waals surface area (Å²) in [5.74, 6) is 1.97. The standard InChI is InChI=1S/C31H41N6O8P/c32-35-30(41)25-14-8-16-36(25)27(38)15-18-46(43,44)26(19-22-9-3-1-4-10-22)34-29(40)24-13-7-17-37(24)28(39)20-33-31(42)45-21-23-11-5-2-6-12-23/h1-6,9-12,24-26H,7-8,13-21,32H2,(H,33,42)(H,34,40)(H,35,41)(H,43,44)/t24-,25-,26?/m0/s1. The first kappa shape index (κ1) is 34.6. The van der Waals surface area contributed by atoms with Gasteiger partial charge in [0, 0.05) is 32.1 Å². The molecule has 2 unspecified atom stereocenters. The maximum Gasteiger partial charge on any atom is 0.407 e. The molecule has 0 bridgehead atoms. The number of likely N-dealkylation sites (tertiary alicyclic amines) is 2. The largest absolute Gasteiger partial charge is 0.445 e. The summed E-state index contributed by atoms with van der Waals surface area (Å²) in [6.07, 6.45) is 0.439. The second kappa shape index (κ2) is 16.3. The highest BCUT2D eigenvalue weighted by atomic mass is 31.2. The fraction of sp³-hybridized carbons (Fsp3) is 0.452. The Hall–Kier alpha value is -4.26. The topological polar surface area (TPSA) is 200 Å². The third kappa shape index (κ3) is 9.38. The lowest BCUT2D eigenvalue weighted by Gasteiger charge is -2.29. The van der Waals surface area contributed by atoms with Crippen LogP contribution in [-0.4, -0.2) is 88.1 Å². The van der Waals surface area contributed by atoms with E-state index in [1.54, 1.807) is 42.5 Å². The summed E-state index contributed by atoms with van der Waals surface area (Å²) in [5, 5.41) is 5.12. The second-order valence-corrected chi connectivity index (χ2v) is 13.9. The molecule has 6 N–H and O–H groups in total. The Kier molecular flexibility index (Phi) is 12.3. The maximum absolute atomic E-state index is 13.7. The third-order valence-electron chi connectivity index (χ3n) is 8.20. The number of benzene rings is 2. The van der Waals surface area contributed by atoms with Crippen LogP contribution in [0.3, 0.4) is 0 Å². The summed E-state index contributed by atoms with van der Waals surface area (Å²) < 4.78 is 18.9. The van der Waals surface area contributed by atoms with Crippen molar-refractivity contribution >= 4 is 37.1 Å². The van der Waals surface area contributed by atoms with Crippen molar-refractivity contribution in [2.24, 2.45) is 5.84 Å². The summed E-state index contributed by atoms with van der Waals surface area (Å²) in [6, 6.07) is 16.3. The molecule has 0 aliphatic carbocycles. The molecule has 0 saturated carbocycles. The predicted molar refractivity (Wildman–Crippen MR) is 168 cm³/mol. The number of carbonyl (C=O) groups excluding carboxylic acids is 5. The second-order valence-electron chi connectivity index (χ2n) is 11.4. The first-order chi connectivity index (χ1) is 22.1. The Labute approximate surface area is 267 Å². The predicted octanol–water partition coefficient (Wildman–Crippen LogP) is 1.23. The number of ether oxygens (including phenoxy) is 1. The van der Waals surface area contributed by atoms with Crippen molar-refractivity contribution in [2.75, 3.05) is 25.8 Å².